The van der Waals surface area contributed by atoms with E-state index in [1.54, 1.807) is 19.1 Å². The van der Waals surface area contributed by atoms with Crippen molar-refractivity contribution in [3.63, 3.8) is 0 Å². The zero-order valence-electron chi connectivity index (χ0n) is 13.0. The Morgan fingerprint density at radius 1 is 1.39 bits per heavy atom. The maximum absolute atomic E-state index is 12.4. The number of aryl methyl sites for hydroxylation is 1. The summed E-state index contributed by atoms with van der Waals surface area (Å²) in [4.78, 5) is 25.9. The number of amides is 2. The number of rotatable bonds is 3. The summed E-state index contributed by atoms with van der Waals surface area (Å²) in [6.45, 7) is 3.86. The monoisotopic (exact) mass is 402 g/mol. The molecule has 0 spiro atoms. The van der Waals surface area contributed by atoms with Crippen molar-refractivity contribution in [2.45, 2.75) is 26.3 Å². The van der Waals surface area contributed by atoms with Gasteiger partial charge in [-0.2, -0.15) is 0 Å². The van der Waals surface area contributed by atoms with Crippen LogP contribution in [0.2, 0.25) is 0 Å². The first-order chi connectivity index (χ1) is 10.7. The fourth-order valence-corrected chi connectivity index (χ4v) is 4.87. The molecule has 2 amide bonds. The van der Waals surface area contributed by atoms with Crippen molar-refractivity contribution in [1.82, 2.24) is 4.90 Å². The minimum absolute atomic E-state index is 0.0644. The first kappa shape index (κ1) is 17.9. The number of nitrogens with zero attached hydrogens (tertiary/aromatic N) is 1. The Morgan fingerprint density at radius 3 is 2.61 bits per heavy atom. The van der Waals surface area contributed by atoms with Gasteiger partial charge in [-0.15, -0.1) is 0 Å². The van der Waals surface area contributed by atoms with Crippen LogP contribution in [0.3, 0.4) is 0 Å². The van der Waals surface area contributed by atoms with Gasteiger partial charge in [0.1, 0.15) is 0 Å². The van der Waals surface area contributed by atoms with Gasteiger partial charge < -0.3 is 10.2 Å². The van der Waals surface area contributed by atoms with Crippen molar-refractivity contribution in [2.24, 2.45) is 0 Å². The topological polar surface area (TPSA) is 83.6 Å². The number of likely N-dealkylation sites (N-methyl/N-ethyl adjacent to an activating group) is 1. The highest BCUT2D eigenvalue weighted by atomic mass is 79.9. The van der Waals surface area contributed by atoms with E-state index in [1.165, 1.54) is 4.90 Å². The zero-order chi connectivity index (χ0) is 17.2. The Hall–Kier alpha value is -1.41. The van der Waals surface area contributed by atoms with Gasteiger partial charge in [0.15, 0.2) is 9.84 Å². The number of hydrogen-bond acceptors (Lipinski definition) is 4. The van der Waals surface area contributed by atoms with E-state index in [-0.39, 0.29) is 11.5 Å². The number of carbonyl (C=O) groups excluding carboxylic acids is 2. The molecule has 2 rings (SSSR count). The molecule has 0 aliphatic carbocycles. The minimum atomic E-state index is -3.11. The van der Waals surface area contributed by atoms with Crippen molar-refractivity contribution in [2.75, 3.05) is 23.4 Å². The molecule has 1 saturated heterocycles. The van der Waals surface area contributed by atoms with Crippen molar-refractivity contribution in [3.8, 4) is 0 Å². The summed E-state index contributed by atoms with van der Waals surface area (Å²) >= 11 is 3.34. The van der Waals surface area contributed by atoms with Gasteiger partial charge in [-0.1, -0.05) is 15.9 Å². The van der Waals surface area contributed by atoms with Gasteiger partial charge in [0, 0.05) is 22.7 Å². The van der Waals surface area contributed by atoms with E-state index in [0.717, 1.165) is 10.0 Å². The Kier molecular flexibility index (Phi) is 5.46. The van der Waals surface area contributed by atoms with Gasteiger partial charge in [-0.3, -0.25) is 9.59 Å². The Bertz CT molecular complexity index is 733. The maximum atomic E-state index is 12.4. The van der Waals surface area contributed by atoms with E-state index in [1.807, 2.05) is 13.0 Å². The highest BCUT2D eigenvalue weighted by Gasteiger charge is 2.36. The van der Waals surface area contributed by atoms with Gasteiger partial charge in [0.05, 0.1) is 11.5 Å². The molecule has 1 aromatic carbocycles. The van der Waals surface area contributed by atoms with Crippen LogP contribution in [-0.2, 0) is 19.4 Å². The predicted molar refractivity (Wildman–Crippen MR) is 92.0 cm³/mol. The van der Waals surface area contributed by atoms with E-state index < -0.39 is 27.7 Å². The third kappa shape index (κ3) is 4.32. The molecule has 1 fully saturated rings. The molecule has 8 heteroatoms. The number of halogens is 1. The summed E-state index contributed by atoms with van der Waals surface area (Å²) in [7, 11) is -3.11. The molecule has 1 N–H and O–H groups in total. The first-order valence-electron chi connectivity index (χ1n) is 7.32. The lowest BCUT2D eigenvalue weighted by molar-refractivity contribution is -0.144. The quantitative estimate of drug-likeness (QED) is 0.780. The van der Waals surface area contributed by atoms with Gasteiger partial charge >= 0.3 is 11.8 Å². The van der Waals surface area contributed by atoms with Crippen LogP contribution in [-0.4, -0.2) is 49.2 Å². The molecule has 0 saturated carbocycles. The van der Waals surface area contributed by atoms with Crippen LogP contribution >= 0.6 is 15.9 Å². The van der Waals surface area contributed by atoms with E-state index in [9.17, 15) is 18.0 Å². The fraction of sp³-hybridized carbons (Fsp3) is 0.467. The average Bonchev–Trinajstić information content (AvgIpc) is 2.82. The first-order valence-corrected chi connectivity index (χ1v) is 9.93. The molecule has 0 bridgehead atoms. The normalized spacial score (nSPS) is 19.3. The van der Waals surface area contributed by atoms with Gasteiger partial charge in [0.2, 0.25) is 0 Å². The van der Waals surface area contributed by atoms with Gasteiger partial charge in [-0.25, -0.2) is 8.42 Å². The SMILES string of the molecule is CCN(C(=O)C(=O)Nc1ccc(Br)cc1C)C1CCS(=O)(=O)C1. The molecule has 23 heavy (non-hydrogen) atoms. The molecular formula is C15H19BrN2O4S. The second-order valence-electron chi connectivity index (χ2n) is 5.56. The molecule has 1 aliphatic rings. The van der Waals surface area contributed by atoms with Crippen LogP contribution in [0.4, 0.5) is 5.69 Å². The number of carbonyl (C=O) groups is 2. The van der Waals surface area contributed by atoms with Crippen LogP contribution in [0.5, 0.6) is 0 Å². The van der Waals surface area contributed by atoms with Gasteiger partial charge in [-0.05, 0) is 44.0 Å². The lowest BCUT2D eigenvalue weighted by atomic mass is 10.2. The third-order valence-electron chi connectivity index (χ3n) is 3.88. The summed E-state index contributed by atoms with van der Waals surface area (Å²) < 4.78 is 24.0. The Morgan fingerprint density at radius 2 is 2.09 bits per heavy atom. The van der Waals surface area contributed by atoms with Crippen LogP contribution in [0.15, 0.2) is 22.7 Å². The standard InChI is InChI=1S/C15H19BrN2O4S/c1-3-18(12-6-7-23(21,22)9-12)15(20)14(19)17-13-5-4-11(16)8-10(13)2/h4-5,8,12H,3,6-7,9H2,1-2H3,(H,17,19). The van der Waals surface area contributed by atoms with E-state index >= 15 is 0 Å². The molecule has 1 heterocycles. The van der Waals surface area contributed by atoms with Crippen LogP contribution in [0.1, 0.15) is 18.9 Å². The molecule has 126 valence electrons. The smallest absolute Gasteiger partial charge is 0.313 e. The second kappa shape index (κ2) is 7.00. The van der Waals surface area contributed by atoms with Crippen molar-refractivity contribution >= 4 is 43.3 Å². The Balaban J connectivity index is 2.10. The number of anilines is 1. The predicted octanol–water partition coefficient (Wildman–Crippen LogP) is 1.73. The molecule has 1 aliphatic heterocycles. The number of nitrogens with one attached hydrogen (secondary N) is 1. The number of sulfone groups is 1. The molecule has 6 nitrogen and oxygen atoms in total. The number of hydrogen-bond donors (Lipinski definition) is 1. The largest absolute Gasteiger partial charge is 0.331 e. The lowest BCUT2D eigenvalue weighted by Crippen LogP contribution is -2.46. The zero-order valence-corrected chi connectivity index (χ0v) is 15.4. The summed E-state index contributed by atoms with van der Waals surface area (Å²) in [5.41, 5.74) is 1.38. The molecular weight excluding hydrogens is 384 g/mol. The van der Waals surface area contributed by atoms with E-state index in [0.29, 0.717) is 18.7 Å². The second-order valence-corrected chi connectivity index (χ2v) is 8.71. The highest BCUT2D eigenvalue weighted by molar-refractivity contribution is 9.10. The third-order valence-corrected chi connectivity index (χ3v) is 6.13. The maximum Gasteiger partial charge on any atom is 0.313 e. The molecule has 0 radical (unpaired) electrons. The number of benzene rings is 1. The fourth-order valence-electron chi connectivity index (χ4n) is 2.66. The minimum Gasteiger partial charge on any atom is -0.331 e. The molecule has 0 aromatic heterocycles. The summed E-state index contributed by atoms with van der Waals surface area (Å²) in [6.07, 6.45) is 0.381. The van der Waals surface area contributed by atoms with Crippen LogP contribution in [0.25, 0.3) is 0 Å². The van der Waals surface area contributed by atoms with Crippen molar-refractivity contribution in [3.05, 3.63) is 28.2 Å². The average molecular weight is 403 g/mol. The van der Waals surface area contributed by atoms with Crippen molar-refractivity contribution < 1.29 is 18.0 Å². The van der Waals surface area contributed by atoms with Crippen LogP contribution in [0, 0.1) is 6.92 Å². The van der Waals surface area contributed by atoms with E-state index in [4.69, 9.17) is 0 Å². The summed E-state index contributed by atoms with van der Waals surface area (Å²) in [5, 5.41) is 2.60. The van der Waals surface area contributed by atoms with Gasteiger partial charge in [0.25, 0.3) is 0 Å². The Labute approximate surface area is 144 Å². The summed E-state index contributed by atoms with van der Waals surface area (Å²) in [6, 6.07) is 4.89. The van der Waals surface area contributed by atoms with Crippen LogP contribution < -0.4 is 5.32 Å². The molecule has 1 aromatic rings. The molecule has 1 unspecified atom stereocenters. The molecule has 1 atom stereocenters. The highest BCUT2D eigenvalue weighted by Crippen LogP contribution is 2.21. The lowest BCUT2D eigenvalue weighted by Gasteiger charge is -2.26. The van der Waals surface area contributed by atoms with E-state index in [2.05, 4.69) is 21.2 Å². The summed E-state index contributed by atoms with van der Waals surface area (Å²) in [5.74, 6) is -1.45. The van der Waals surface area contributed by atoms with Crippen molar-refractivity contribution in [1.29, 1.82) is 0 Å².